The fourth-order valence-corrected chi connectivity index (χ4v) is 3.25. The molecule has 2 aromatic heterocycles. The van der Waals surface area contributed by atoms with Gasteiger partial charge < -0.3 is 10.6 Å². The van der Waals surface area contributed by atoms with Crippen LogP contribution in [-0.4, -0.2) is 32.2 Å². The van der Waals surface area contributed by atoms with E-state index in [9.17, 15) is 9.18 Å². The van der Waals surface area contributed by atoms with Gasteiger partial charge in [-0.3, -0.25) is 4.79 Å². The maximum Gasteiger partial charge on any atom is 0.251 e. The smallest absolute Gasteiger partial charge is 0.251 e. The number of carbonyl (C=O) groups is 1. The van der Waals surface area contributed by atoms with Crippen LogP contribution in [0, 0.1) is 19.7 Å². The Morgan fingerprint density at radius 1 is 1.06 bits per heavy atom. The second-order valence-corrected chi connectivity index (χ2v) is 7.36. The molecule has 0 aliphatic heterocycles. The Morgan fingerprint density at radius 2 is 1.87 bits per heavy atom. The lowest BCUT2D eigenvalue weighted by Gasteiger charge is -2.09. The summed E-state index contributed by atoms with van der Waals surface area (Å²) in [7, 11) is 0. The number of aryl methyl sites for hydroxylation is 2. The summed E-state index contributed by atoms with van der Waals surface area (Å²) in [5, 5.41) is 11.3. The molecule has 31 heavy (non-hydrogen) atoms. The lowest BCUT2D eigenvalue weighted by atomic mass is 10.1. The summed E-state index contributed by atoms with van der Waals surface area (Å²) < 4.78 is 14.8. The number of hydrogen-bond acceptors (Lipinski definition) is 5. The molecule has 4 rings (SSSR count). The van der Waals surface area contributed by atoms with Crippen molar-refractivity contribution < 1.29 is 9.18 Å². The van der Waals surface area contributed by atoms with Gasteiger partial charge in [-0.05, 0) is 54.8 Å². The van der Waals surface area contributed by atoms with Crippen molar-refractivity contribution in [3.05, 3.63) is 83.1 Å². The van der Waals surface area contributed by atoms with E-state index in [1.807, 2.05) is 32.0 Å². The molecule has 0 bridgehead atoms. The average molecular weight is 418 g/mol. The molecule has 0 atom stereocenters. The van der Waals surface area contributed by atoms with Crippen molar-refractivity contribution in [2.24, 2.45) is 0 Å². The van der Waals surface area contributed by atoms with E-state index in [0.717, 1.165) is 22.1 Å². The number of benzene rings is 2. The van der Waals surface area contributed by atoms with Crippen LogP contribution in [-0.2, 0) is 13.1 Å². The fraction of sp³-hybridized carbons (Fsp3) is 0.217. The lowest BCUT2D eigenvalue weighted by molar-refractivity contribution is 0.0952. The SMILES string of the molecule is Cc1ccc(C(=O)NCCn2ncc3c(NCc4ccc(F)cc4)ncnc32)cc1C. The van der Waals surface area contributed by atoms with Crippen LogP contribution in [0.5, 0.6) is 0 Å². The summed E-state index contributed by atoms with van der Waals surface area (Å²) in [4.78, 5) is 21.0. The minimum absolute atomic E-state index is 0.115. The van der Waals surface area contributed by atoms with Crippen molar-refractivity contribution in [1.29, 1.82) is 0 Å². The third kappa shape index (κ3) is 4.69. The maximum absolute atomic E-state index is 13.1. The minimum Gasteiger partial charge on any atom is -0.365 e. The number of nitrogens with one attached hydrogen (secondary N) is 2. The second-order valence-electron chi connectivity index (χ2n) is 7.36. The summed E-state index contributed by atoms with van der Waals surface area (Å²) >= 11 is 0. The van der Waals surface area contributed by atoms with E-state index in [1.54, 1.807) is 23.0 Å². The van der Waals surface area contributed by atoms with Crippen molar-refractivity contribution >= 4 is 22.8 Å². The molecule has 0 radical (unpaired) electrons. The molecule has 2 heterocycles. The first-order valence-electron chi connectivity index (χ1n) is 10.0. The Morgan fingerprint density at radius 3 is 2.65 bits per heavy atom. The molecule has 0 saturated heterocycles. The molecular formula is C23H23FN6O. The van der Waals surface area contributed by atoms with Crippen molar-refractivity contribution in [3.8, 4) is 0 Å². The van der Waals surface area contributed by atoms with Crippen molar-refractivity contribution in [2.75, 3.05) is 11.9 Å². The van der Waals surface area contributed by atoms with Gasteiger partial charge in [0.05, 0.1) is 18.1 Å². The number of anilines is 1. The van der Waals surface area contributed by atoms with Crippen LogP contribution in [0.25, 0.3) is 11.0 Å². The van der Waals surface area contributed by atoms with Crippen LogP contribution in [0.4, 0.5) is 10.2 Å². The van der Waals surface area contributed by atoms with Crippen LogP contribution in [0.15, 0.2) is 55.0 Å². The number of aromatic nitrogens is 4. The first-order valence-corrected chi connectivity index (χ1v) is 10.0. The molecular weight excluding hydrogens is 395 g/mol. The zero-order valence-electron chi connectivity index (χ0n) is 17.4. The van der Waals surface area contributed by atoms with E-state index in [1.165, 1.54) is 18.5 Å². The molecule has 158 valence electrons. The highest BCUT2D eigenvalue weighted by molar-refractivity contribution is 5.94. The molecule has 0 fully saturated rings. The highest BCUT2D eigenvalue weighted by Crippen LogP contribution is 2.19. The second kappa shape index (κ2) is 8.91. The molecule has 2 N–H and O–H groups in total. The Hall–Kier alpha value is -3.81. The molecule has 4 aromatic rings. The average Bonchev–Trinajstić information content (AvgIpc) is 3.19. The number of hydrogen-bond donors (Lipinski definition) is 2. The molecule has 1 amide bonds. The zero-order chi connectivity index (χ0) is 21.8. The van der Waals surface area contributed by atoms with Gasteiger partial charge in [0, 0.05) is 18.7 Å². The van der Waals surface area contributed by atoms with E-state index >= 15 is 0 Å². The molecule has 0 aliphatic rings. The Labute approximate surface area is 179 Å². The summed E-state index contributed by atoms with van der Waals surface area (Å²) in [6.45, 7) is 5.41. The minimum atomic E-state index is -0.265. The van der Waals surface area contributed by atoms with Crippen LogP contribution in [0.1, 0.15) is 27.0 Å². The van der Waals surface area contributed by atoms with Gasteiger partial charge in [0.2, 0.25) is 0 Å². The number of fused-ring (bicyclic) bond motifs is 1. The van der Waals surface area contributed by atoms with E-state index in [0.29, 0.717) is 36.7 Å². The monoisotopic (exact) mass is 418 g/mol. The van der Waals surface area contributed by atoms with Crippen LogP contribution >= 0.6 is 0 Å². The summed E-state index contributed by atoms with van der Waals surface area (Å²) in [5.41, 5.74) is 4.50. The van der Waals surface area contributed by atoms with E-state index < -0.39 is 0 Å². The standard InChI is InChI=1S/C23H23FN6O/c1-15-3-6-18(11-16(15)2)23(31)25-9-10-30-22-20(13-29-30)21(27-14-28-22)26-12-17-4-7-19(24)8-5-17/h3-8,11,13-14H,9-10,12H2,1-2H3,(H,25,31)(H,26,27,28). The topological polar surface area (TPSA) is 84.7 Å². The first-order chi connectivity index (χ1) is 15.0. The largest absolute Gasteiger partial charge is 0.365 e. The van der Waals surface area contributed by atoms with Gasteiger partial charge in [0.25, 0.3) is 5.91 Å². The van der Waals surface area contributed by atoms with E-state index in [-0.39, 0.29) is 11.7 Å². The number of halogens is 1. The van der Waals surface area contributed by atoms with Gasteiger partial charge in [-0.15, -0.1) is 0 Å². The summed E-state index contributed by atoms with van der Waals surface area (Å²) in [5.74, 6) is 0.273. The molecule has 7 nitrogen and oxygen atoms in total. The van der Waals surface area contributed by atoms with Crippen molar-refractivity contribution in [1.82, 2.24) is 25.1 Å². The molecule has 0 saturated carbocycles. The fourth-order valence-electron chi connectivity index (χ4n) is 3.25. The lowest BCUT2D eigenvalue weighted by Crippen LogP contribution is -2.27. The number of carbonyl (C=O) groups excluding carboxylic acids is 1. The normalized spacial score (nSPS) is 10.9. The quantitative estimate of drug-likeness (QED) is 0.479. The summed E-state index contributed by atoms with van der Waals surface area (Å²) in [6.07, 6.45) is 3.18. The van der Waals surface area contributed by atoms with E-state index in [4.69, 9.17) is 0 Å². The first kappa shape index (κ1) is 20.5. The van der Waals surface area contributed by atoms with Crippen LogP contribution in [0.2, 0.25) is 0 Å². The molecule has 2 aromatic carbocycles. The van der Waals surface area contributed by atoms with Gasteiger partial charge in [-0.2, -0.15) is 5.10 Å². The van der Waals surface area contributed by atoms with E-state index in [2.05, 4.69) is 25.7 Å². The van der Waals surface area contributed by atoms with Crippen LogP contribution in [0.3, 0.4) is 0 Å². The van der Waals surface area contributed by atoms with Gasteiger partial charge >= 0.3 is 0 Å². The summed E-state index contributed by atoms with van der Waals surface area (Å²) in [6, 6.07) is 12.0. The Balaban J connectivity index is 1.39. The Kier molecular flexibility index (Phi) is 5.88. The predicted octanol–water partition coefficient (Wildman–Crippen LogP) is 3.62. The highest BCUT2D eigenvalue weighted by atomic mass is 19.1. The molecule has 8 heteroatoms. The van der Waals surface area contributed by atoms with Crippen molar-refractivity contribution in [2.45, 2.75) is 26.9 Å². The third-order valence-electron chi connectivity index (χ3n) is 5.19. The maximum atomic E-state index is 13.1. The van der Waals surface area contributed by atoms with Crippen molar-refractivity contribution in [3.63, 3.8) is 0 Å². The third-order valence-corrected chi connectivity index (χ3v) is 5.19. The van der Waals surface area contributed by atoms with Crippen LogP contribution < -0.4 is 10.6 Å². The molecule has 0 unspecified atom stereocenters. The zero-order valence-corrected chi connectivity index (χ0v) is 17.4. The van der Waals surface area contributed by atoms with Gasteiger partial charge in [0.15, 0.2) is 5.65 Å². The van der Waals surface area contributed by atoms with Gasteiger partial charge in [-0.1, -0.05) is 18.2 Å². The number of amides is 1. The number of nitrogens with zero attached hydrogens (tertiary/aromatic N) is 4. The Bertz CT molecular complexity index is 1220. The van der Waals surface area contributed by atoms with Gasteiger partial charge in [0.1, 0.15) is 18.0 Å². The van der Waals surface area contributed by atoms with Gasteiger partial charge in [-0.25, -0.2) is 19.0 Å². The predicted molar refractivity (Wildman–Crippen MR) is 117 cm³/mol. The molecule has 0 aliphatic carbocycles. The highest BCUT2D eigenvalue weighted by Gasteiger charge is 2.11. The molecule has 0 spiro atoms. The number of rotatable bonds is 7.